The van der Waals surface area contributed by atoms with Crippen molar-refractivity contribution in [3.63, 3.8) is 0 Å². The number of likely N-dealkylation sites (N-methyl/N-ethyl adjacent to an activating group) is 1. The summed E-state index contributed by atoms with van der Waals surface area (Å²) >= 11 is 0. The zero-order valence-corrected chi connectivity index (χ0v) is 12.5. The van der Waals surface area contributed by atoms with E-state index in [4.69, 9.17) is 0 Å². The second-order valence-electron chi connectivity index (χ2n) is 5.76. The van der Waals surface area contributed by atoms with E-state index in [9.17, 15) is 0 Å². The van der Waals surface area contributed by atoms with Gasteiger partial charge in [-0.2, -0.15) is 0 Å². The van der Waals surface area contributed by atoms with Gasteiger partial charge in [0.1, 0.15) is 5.82 Å². The average Bonchev–Trinajstić information content (AvgIpc) is 2.83. The first-order valence-electron chi connectivity index (χ1n) is 7.63. The normalized spacial score (nSPS) is 17.2. The molecule has 4 nitrogen and oxygen atoms in total. The summed E-state index contributed by atoms with van der Waals surface area (Å²) in [4.78, 5) is 9.42. The molecule has 1 aliphatic rings. The first-order chi connectivity index (χ1) is 9.25. The molecule has 0 aromatic carbocycles. The van der Waals surface area contributed by atoms with Gasteiger partial charge in [0.2, 0.25) is 0 Å². The smallest absolute Gasteiger partial charge is 0.109 e. The van der Waals surface area contributed by atoms with Crippen LogP contribution < -0.4 is 0 Å². The summed E-state index contributed by atoms with van der Waals surface area (Å²) in [5.74, 6) is 1.18. The van der Waals surface area contributed by atoms with Crippen molar-refractivity contribution in [3.05, 3.63) is 18.2 Å². The largest absolute Gasteiger partial charge is 0.338 e. The fourth-order valence-corrected chi connectivity index (χ4v) is 2.79. The topological polar surface area (TPSA) is 24.3 Å². The van der Waals surface area contributed by atoms with Gasteiger partial charge in [-0.1, -0.05) is 6.42 Å². The molecule has 1 saturated heterocycles. The molecule has 4 heteroatoms. The third-order valence-corrected chi connectivity index (χ3v) is 4.10. The van der Waals surface area contributed by atoms with Crippen LogP contribution in [0.25, 0.3) is 0 Å². The molecule has 0 radical (unpaired) electrons. The third kappa shape index (κ3) is 4.96. The molecule has 1 aromatic rings. The highest BCUT2D eigenvalue weighted by Gasteiger charge is 2.09. The zero-order valence-electron chi connectivity index (χ0n) is 12.5. The number of rotatable bonds is 7. The zero-order chi connectivity index (χ0) is 13.5. The van der Waals surface area contributed by atoms with E-state index in [0.717, 1.165) is 13.0 Å². The number of aromatic nitrogens is 2. The van der Waals surface area contributed by atoms with Crippen LogP contribution >= 0.6 is 0 Å². The van der Waals surface area contributed by atoms with E-state index in [0.29, 0.717) is 0 Å². The molecule has 1 aromatic heterocycles. The van der Waals surface area contributed by atoms with Crippen molar-refractivity contribution in [1.82, 2.24) is 19.4 Å². The van der Waals surface area contributed by atoms with E-state index in [1.807, 2.05) is 12.4 Å². The molecule has 1 aliphatic heterocycles. The standard InChI is InChI=1S/C15H28N4/c1-17(13-7-15-16-8-14-18(15)2)9-6-12-19-10-4-3-5-11-19/h8,14H,3-7,9-13H2,1-2H3. The van der Waals surface area contributed by atoms with E-state index in [1.54, 1.807) is 0 Å². The van der Waals surface area contributed by atoms with Crippen LogP contribution in [-0.4, -0.2) is 59.1 Å². The maximum atomic E-state index is 4.37. The molecule has 108 valence electrons. The molecule has 0 bridgehead atoms. The van der Waals surface area contributed by atoms with Crippen LogP contribution in [0.3, 0.4) is 0 Å². The van der Waals surface area contributed by atoms with Crippen molar-refractivity contribution in [2.75, 3.05) is 39.8 Å². The highest BCUT2D eigenvalue weighted by Crippen LogP contribution is 2.08. The molecule has 0 amide bonds. The first-order valence-corrected chi connectivity index (χ1v) is 7.63. The minimum absolute atomic E-state index is 1.05. The molecule has 2 rings (SSSR count). The molecule has 0 atom stereocenters. The van der Waals surface area contributed by atoms with Crippen LogP contribution in [0.2, 0.25) is 0 Å². The third-order valence-electron chi connectivity index (χ3n) is 4.10. The SMILES string of the molecule is CN(CCCN1CCCCC1)CCc1nccn1C. The van der Waals surface area contributed by atoms with Gasteiger partial charge in [0.05, 0.1) is 0 Å². The Morgan fingerprint density at radius 1 is 1.21 bits per heavy atom. The van der Waals surface area contributed by atoms with Gasteiger partial charge in [0.15, 0.2) is 0 Å². The second kappa shape index (κ2) is 7.65. The van der Waals surface area contributed by atoms with Crippen molar-refractivity contribution in [2.45, 2.75) is 32.1 Å². The van der Waals surface area contributed by atoms with Gasteiger partial charge >= 0.3 is 0 Å². The van der Waals surface area contributed by atoms with E-state index in [-0.39, 0.29) is 0 Å². The van der Waals surface area contributed by atoms with Gasteiger partial charge in [-0.25, -0.2) is 4.98 Å². The molecule has 0 unspecified atom stereocenters. The number of hydrogen-bond donors (Lipinski definition) is 0. The van der Waals surface area contributed by atoms with Gasteiger partial charge < -0.3 is 14.4 Å². The van der Waals surface area contributed by atoms with Gasteiger partial charge in [-0.3, -0.25) is 0 Å². The highest BCUT2D eigenvalue weighted by molar-refractivity contribution is 4.91. The van der Waals surface area contributed by atoms with Gasteiger partial charge in [-0.15, -0.1) is 0 Å². The summed E-state index contributed by atoms with van der Waals surface area (Å²) in [7, 11) is 4.29. The summed E-state index contributed by atoms with van der Waals surface area (Å²) in [6.45, 7) is 6.20. The predicted molar refractivity (Wildman–Crippen MR) is 79.3 cm³/mol. The van der Waals surface area contributed by atoms with Crippen molar-refractivity contribution >= 4 is 0 Å². The number of hydrogen-bond acceptors (Lipinski definition) is 3. The van der Waals surface area contributed by atoms with E-state index >= 15 is 0 Å². The number of imidazole rings is 1. The summed E-state index contributed by atoms with van der Waals surface area (Å²) in [5, 5.41) is 0. The Bertz CT molecular complexity index is 355. The minimum atomic E-state index is 1.05. The Hall–Kier alpha value is -0.870. The fraction of sp³-hybridized carbons (Fsp3) is 0.800. The summed E-state index contributed by atoms with van der Waals surface area (Å²) in [5.41, 5.74) is 0. The van der Waals surface area contributed by atoms with Crippen molar-refractivity contribution in [3.8, 4) is 0 Å². The Kier molecular flexibility index (Phi) is 5.86. The molecular formula is C15H28N4. The van der Waals surface area contributed by atoms with Gasteiger partial charge in [0, 0.05) is 32.4 Å². The van der Waals surface area contributed by atoms with Crippen LogP contribution in [0.5, 0.6) is 0 Å². The molecule has 19 heavy (non-hydrogen) atoms. The fourth-order valence-electron chi connectivity index (χ4n) is 2.79. The van der Waals surface area contributed by atoms with Crippen LogP contribution in [0.1, 0.15) is 31.5 Å². The minimum Gasteiger partial charge on any atom is -0.338 e. The van der Waals surface area contributed by atoms with E-state index in [1.165, 1.54) is 57.7 Å². The van der Waals surface area contributed by atoms with Crippen molar-refractivity contribution < 1.29 is 0 Å². The van der Waals surface area contributed by atoms with Crippen LogP contribution in [0.4, 0.5) is 0 Å². The lowest BCUT2D eigenvalue weighted by atomic mass is 10.1. The Labute approximate surface area is 117 Å². The lowest BCUT2D eigenvalue weighted by Crippen LogP contribution is -2.33. The molecule has 2 heterocycles. The predicted octanol–water partition coefficient (Wildman–Crippen LogP) is 1.77. The van der Waals surface area contributed by atoms with Gasteiger partial charge in [0.25, 0.3) is 0 Å². The Morgan fingerprint density at radius 3 is 2.68 bits per heavy atom. The van der Waals surface area contributed by atoms with Crippen LogP contribution in [-0.2, 0) is 13.5 Å². The molecule has 0 N–H and O–H groups in total. The number of aryl methyl sites for hydroxylation is 1. The molecule has 0 aliphatic carbocycles. The maximum absolute atomic E-state index is 4.37. The number of likely N-dealkylation sites (tertiary alicyclic amines) is 1. The molecular weight excluding hydrogens is 236 g/mol. The van der Waals surface area contributed by atoms with Crippen molar-refractivity contribution in [1.29, 1.82) is 0 Å². The average molecular weight is 264 g/mol. The second-order valence-corrected chi connectivity index (χ2v) is 5.76. The van der Waals surface area contributed by atoms with E-state index < -0.39 is 0 Å². The maximum Gasteiger partial charge on any atom is 0.109 e. The number of piperidine rings is 1. The summed E-state index contributed by atoms with van der Waals surface area (Å²) in [6, 6.07) is 0. The molecule has 1 fully saturated rings. The van der Waals surface area contributed by atoms with E-state index in [2.05, 4.69) is 33.4 Å². The van der Waals surface area contributed by atoms with Crippen LogP contribution in [0, 0.1) is 0 Å². The van der Waals surface area contributed by atoms with Crippen molar-refractivity contribution in [2.24, 2.45) is 7.05 Å². The Morgan fingerprint density at radius 2 is 2.00 bits per heavy atom. The Balaban J connectivity index is 1.56. The quantitative estimate of drug-likeness (QED) is 0.750. The number of nitrogens with zero attached hydrogens (tertiary/aromatic N) is 4. The molecule has 0 spiro atoms. The summed E-state index contributed by atoms with van der Waals surface area (Å²) in [6.07, 6.45) is 10.5. The lowest BCUT2D eigenvalue weighted by molar-refractivity contribution is 0.212. The van der Waals surface area contributed by atoms with Crippen LogP contribution in [0.15, 0.2) is 12.4 Å². The lowest BCUT2D eigenvalue weighted by Gasteiger charge is -2.27. The monoisotopic (exact) mass is 264 g/mol. The first kappa shape index (κ1) is 14.5. The highest BCUT2D eigenvalue weighted by atomic mass is 15.1. The summed E-state index contributed by atoms with van der Waals surface area (Å²) < 4.78 is 2.11. The van der Waals surface area contributed by atoms with Gasteiger partial charge in [-0.05, 0) is 52.5 Å². The molecule has 0 saturated carbocycles.